The Morgan fingerprint density at radius 3 is 2.65 bits per heavy atom. The monoisotopic (exact) mass is 501 g/mol. The van der Waals surface area contributed by atoms with Crippen molar-refractivity contribution in [2.24, 2.45) is 22.7 Å². The van der Waals surface area contributed by atoms with Crippen molar-refractivity contribution in [1.82, 2.24) is 10.3 Å². The first kappa shape index (κ1) is 25.9. The zero-order valence-electron chi connectivity index (χ0n) is 22.2. The number of nitrogens with zero attached hydrogens (tertiary/aromatic N) is 1. The molecule has 1 aromatic heterocycles. The molecular weight excluding hydrogens is 462 g/mol. The van der Waals surface area contributed by atoms with Crippen LogP contribution in [0.5, 0.6) is 0 Å². The van der Waals surface area contributed by atoms with Crippen LogP contribution >= 0.6 is 0 Å². The summed E-state index contributed by atoms with van der Waals surface area (Å²) in [5.74, 6) is 0.336. The lowest BCUT2D eigenvalue weighted by Crippen LogP contribution is -2.59. The van der Waals surface area contributed by atoms with Gasteiger partial charge in [-0.05, 0) is 105 Å². The van der Waals surface area contributed by atoms with Gasteiger partial charge < -0.3 is 20.5 Å². The molecule has 6 nitrogen and oxygen atoms in total. The molecule has 4 aliphatic rings. The number of benzene rings is 1. The fourth-order valence-corrected chi connectivity index (χ4v) is 7.83. The van der Waals surface area contributed by atoms with Crippen LogP contribution in [-0.2, 0) is 0 Å². The molecule has 5 unspecified atom stereocenters. The Bertz CT molecular complexity index is 1350. The first-order chi connectivity index (χ1) is 17.7. The molecule has 2 fully saturated rings. The molecule has 0 saturated heterocycles. The highest BCUT2D eigenvalue weighted by Gasteiger charge is 2.65. The summed E-state index contributed by atoms with van der Waals surface area (Å²) in [6.45, 7) is 2.27. The summed E-state index contributed by atoms with van der Waals surface area (Å²) in [7, 11) is 3.75. The van der Waals surface area contributed by atoms with E-state index in [-0.39, 0.29) is 23.0 Å². The summed E-state index contributed by atoms with van der Waals surface area (Å²) in [5.41, 5.74) is 1.24. The lowest BCUT2D eigenvalue weighted by Gasteiger charge is -2.56. The number of nitrogens with one attached hydrogen (secondary N) is 2. The molecule has 6 atom stereocenters. The number of hydrogen-bond acceptors (Lipinski definition) is 5. The van der Waals surface area contributed by atoms with Gasteiger partial charge in [0.15, 0.2) is 0 Å². The number of nitriles is 1. The van der Waals surface area contributed by atoms with E-state index in [1.807, 2.05) is 20.2 Å². The van der Waals surface area contributed by atoms with Gasteiger partial charge in [-0.3, -0.25) is 4.79 Å². The SMILES string of the molecule is CC12CCC3(C#N)C=C4CC(O)CCC4CC[C@]3(O)C1CC=C2c1ccc2cc(=O)[nH]cc2c1.CNC. The second-order valence-electron chi connectivity index (χ2n) is 11.9. The van der Waals surface area contributed by atoms with Gasteiger partial charge in [-0.15, -0.1) is 0 Å². The van der Waals surface area contributed by atoms with Crippen LogP contribution in [0.25, 0.3) is 16.3 Å². The maximum absolute atomic E-state index is 12.4. The summed E-state index contributed by atoms with van der Waals surface area (Å²) in [6, 6.07) is 10.4. The van der Waals surface area contributed by atoms with Gasteiger partial charge in [-0.2, -0.15) is 5.26 Å². The molecule has 2 saturated carbocycles. The highest BCUT2D eigenvalue weighted by Crippen LogP contribution is 2.66. The van der Waals surface area contributed by atoms with Crippen LogP contribution < -0.4 is 10.9 Å². The average molecular weight is 502 g/mol. The van der Waals surface area contributed by atoms with Gasteiger partial charge in [-0.25, -0.2) is 0 Å². The largest absolute Gasteiger partial charge is 0.393 e. The van der Waals surface area contributed by atoms with Gasteiger partial charge in [0.25, 0.3) is 0 Å². The van der Waals surface area contributed by atoms with Crippen LogP contribution in [-0.4, -0.2) is 41.0 Å². The van der Waals surface area contributed by atoms with Crippen molar-refractivity contribution in [3.8, 4) is 6.07 Å². The second kappa shape index (κ2) is 9.54. The molecule has 6 heteroatoms. The zero-order chi connectivity index (χ0) is 26.4. The number of aromatic amines is 1. The number of aliphatic hydroxyl groups is 2. The van der Waals surface area contributed by atoms with Crippen LogP contribution in [0.3, 0.4) is 0 Å². The molecule has 0 amide bonds. The van der Waals surface area contributed by atoms with Crippen LogP contribution in [0, 0.1) is 34.0 Å². The van der Waals surface area contributed by atoms with Crippen molar-refractivity contribution in [1.29, 1.82) is 5.26 Å². The minimum atomic E-state index is -1.09. The Morgan fingerprint density at radius 2 is 1.89 bits per heavy atom. The lowest BCUT2D eigenvalue weighted by molar-refractivity contribution is -0.143. The summed E-state index contributed by atoms with van der Waals surface area (Å²) in [4.78, 5) is 14.5. The lowest BCUT2D eigenvalue weighted by atomic mass is 9.49. The molecule has 4 N–H and O–H groups in total. The van der Waals surface area contributed by atoms with Gasteiger partial charge in [0, 0.05) is 18.2 Å². The van der Waals surface area contributed by atoms with Crippen LogP contribution in [0.1, 0.15) is 63.9 Å². The third kappa shape index (κ3) is 4.09. The predicted molar refractivity (Wildman–Crippen MR) is 147 cm³/mol. The molecule has 6 rings (SSSR count). The minimum Gasteiger partial charge on any atom is -0.393 e. The number of aromatic nitrogens is 1. The molecule has 1 heterocycles. The average Bonchev–Trinajstić information content (AvgIpc) is 3.17. The molecule has 0 spiro atoms. The van der Waals surface area contributed by atoms with E-state index >= 15 is 0 Å². The standard InChI is InChI=1S/C29H32N2O3.C2H7N/c1-27-10-11-28(17-30)15-21-13-23(32)5-4-18(21)8-9-29(28,34)25(27)7-6-24(27)20-3-2-19-14-26(33)31-16-22(19)12-20;1-3-2/h2-3,6,12,14-16,18,23,25,32,34H,4-5,7-11,13H2,1H3,(H,31,33);3H,1-2H3/t18?,23?,25?,27?,28?,29-;/m0./s1. The summed E-state index contributed by atoms with van der Waals surface area (Å²) in [5, 5.41) is 37.9. The number of fused-ring (bicyclic) bond motifs is 5. The van der Waals surface area contributed by atoms with Crippen molar-refractivity contribution in [2.45, 2.75) is 70.0 Å². The summed E-state index contributed by atoms with van der Waals surface area (Å²) < 4.78 is 0. The molecule has 196 valence electrons. The quantitative estimate of drug-likeness (QED) is 0.424. The van der Waals surface area contributed by atoms with Gasteiger partial charge >= 0.3 is 0 Å². The first-order valence-corrected chi connectivity index (χ1v) is 13.6. The highest BCUT2D eigenvalue weighted by atomic mass is 16.3. The van der Waals surface area contributed by atoms with Crippen molar-refractivity contribution in [3.63, 3.8) is 0 Å². The van der Waals surface area contributed by atoms with E-state index in [0.717, 1.165) is 48.4 Å². The van der Waals surface area contributed by atoms with E-state index in [1.54, 1.807) is 12.3 Å². The van der Waals surface area contributed by atoms with E-state index in [2.05, 4.69) is 47.6 Å². The van der Waals surface area contributed by atoms with E-state index in [0.29, 0.717) is 25.2 Å². The highest BCUT2D eigenvalue weighted by molar-refractivity contribution is 5.87. The van der Waals surface area contributed by atoms with E-state index < -0.39 is 11.0 Å². The first-order valence-electron chi connectivity index (χ1n) is 13.6. The van der Waals surface area contributed by atoms with Crippen LogP contribution in [0.4, 0.5) is 0 Å². The van der Waals surface area contributed by atoms with Gasteiger partial charge in [0.05, 0.1) is 17.8 Å². The molecule has 1 aromatic carbocycles. The number of pyridine rings is 1. The minimum absolute atomic E-state index is 0.0309. The fourth-order valence-electron chi connectivity index (χ4n) is 7.83. The maximum Gasteiger partial charge on any atom is 0.248 e. The number of rotatable bonds is 1. The summed E-state index contributed by atoms with van der Waals surface area (Å²) >= 11 is 0. The van der Waals surface area contributed by atoms with E-state index in [4.69, 9.17) is 0 Å². The van der Waals surface area contributed by atoms with Crippen molar-refractivity contribution < 1.29 is 10.2 Å². The van der Waals surface area contributed by atoms with Crippen molar-refractivity contribution in [3.05, 3.63) is 64.1 Å². The number of hydrogen-bond donors (Lipinski definition) is 4. The molecule has 37 heavy (non-hydrogen) atoms. The number of aliphatic hydroxyl groups excluding tert-OH is 1. The zero-order valence-corrected chi connectivity index (χ0v) is 22.2. The topological polar surface area (TPSA) is 109 Å². The van der Waals surface area contributed by atoms with Gasteiger partial charge in [0.2, 0.25) is 5.56 Å². The fraction of sp³-hybridized carbons (Fsp3) is 0.548. The van der Waals surface area contributed by atoms with Crippen LogP contribution in [0.2, 0.25) is 0 Å². The van der Waals surface area contributed by atoms with Crippen molar-refractivity contribution >= 4 is 16.3 Å². The van der Waals surface area contributed by atoms with Crippen LogP contribution in [0.15, 0.2) is 53.0 Å². The predicted octanol–water partition coefficient (Wildman–Crippen LogP) is 4.69. The Balaban J connectivity index is 0.000000892. The second-order valence-corrected chi connectivity index (χ2v) is 11.9. The molecule has 0 aliphatic heterocycles. The Morgan fingerprint density at radius 1 is 1.11 bits per heavy atom. The normalized spacial score (nSPS) is 36.5. The Labute approximate surface area is 219 Å². The molecule has 2 aromatic rings. The van der Waals surface area contributed by atoms with E-state index in [9.17, 15) is 20.3 Å². The Kier molecular flexibility index (Phi) is 6.68. The molecule has 0 bridgehead atoms. The van der Waals surface area contributed by atoms with Crippen molar-refractivity contribution in [2.75, 3.05) is 14.1 Å². The molecular formula is C31H39N3O3. The van der Waals surface area contributed by atoms with E-state index in [1.165, 1.54) is 11.1 Å². The van der Waals surface area contributed by atoms with Gasteiger partial charge in [-0.1, -0.05) is 36.8 Å². The number of H-pyrrole nitrogens is 1. The molecule has 0 radical (unpaired) electrons. The summed E-state index contributed by atoms with van der Waals surface area (Å²) in [6.07, 6.45) is 11.9. The number of allylic oxidation sites excluding steroid dienone is 2. The van der Waals surface area contributed by atoms with Gasteiger partial charge in [0.1, 0.15) is 5.41 Å². The third-order valence-electron chi connectivity index (χ3n) is 9.73. The molecule has 4 aliphatic carbocycles. The Hall–Kier alpha value is -2.72. The smallest absolute Gasteiger partial charge is 0.248 e. The maximum atomic E-state index is 12.4. The third-order valence-corrected chi connectivity index (χ3v) is 9.73.